The molecule has 0 aliphatic rings. The van der Waals surface area contributed by atoms with Crippen molar-refractivity contribution in [2.24, 2.45) is 0 Å². The maximum absolute atomic E-state index is 10.3. The van der Waals surface area contributed by atoms with E-state index in [1.54, 1.807) is 0 Å². The molecule has 0 saturated carbocycles. The lowest BCUT2D eigenvalue weighted by Crippen LogP contribution is -1.92. The second kappa shape index (κ2) is 20.1. The molecular formula is C22H40O2. The summed E-state index contributed by atoms with van der Waals surface area (Å²) in [6, 6.07) is 0. The highest BCUT2D eigenvalue weighted by Crippen LogP contribution is 2.12. The van der Waals surface area contributed by atoms with Crippen LogP contribution in [0.15, 0.2) is 0 Å². The van der Waals surface area contributed by atoms with Gasteiger partial charge in [0.25, 0.3) is 0 Å². The van der Waals surface area contributed by atoms with Gasteiger partial charge < -0.3 is 5.11 Å². The fourth-order valence-corrected chi connectivity index (χ4v) is 2.90. The van der Waals surface area contributed by atoms with Crippen LogP contribution in [-0.2, 0) is 4.79 Å². The van der Waals surface area contributed by atoms with Crippen LogP contribution in [0.3, 0.4) is 0 Å². The van der Waals surface area contributed by atoms with E-state index in [2.05, 4.69) is 18.8 Å². The maximum atomic E-state index is 10.3. The molecule has 0 atom stereocenters. The average molecular weight is 337 g/mol. The van der Waals surface area contributed by atoms with Gasteiger partial charge in [-0.1, -0.05) is 84.0 Å². The van der Waals surface area contributed by atoms with Crippen molar-refractivity contribution in [3.05, 3.63) is 0 Å². The van der Waals surface area contributed by atoms with Gasteiger partial charge in [-0.25, -0.2) is 0 Å². The molecule has 0 radical (unpaired) electrons. The Bertz CT molecular complexity index is 325. The first-order valence-electron chi connectivity index (χ1n) is 10.4. The molecule has 0 heterocycles. The third-order valence-corrected chi connectivity index (χ3v) is 4.47. The van der Waals surface area contributed by atoms with E-state index < -0.39 is 5.97 Å². The van der Waals surface area contributed by atoms with Crippen molar-refractivity contribution in [2.45, 2.75) is 122 Å². The van der Waals surface area contributed by atoms with Gasteiger partial charge in [0.1, 0.15) is 0 Å². The van der Waals surface area contributed by atoms with E-state index in [1.807, 2.05) is 0 Å². The van der Waals surface area contributed by atoms with Crippen LogP contribution in [0.2, 0.25) is 0 Å². The number of rotatable bonds is 17. The topological polar surface area (TPSA) is 37.3 Å². The first-order valence-corrected chi connectivity index (χ1v) is 10.4. The fourth-order valence-electron chi connectivity index (χ4n) is 2.90. The van der Waals surface area contributed by atoms with Gasteiger partial charge >= 0.3 is 5.97 Å². The lowest BCUT2D eigenvalue weighted by molar-refractivity contribution is -0.137. The minimum atomic E-state index is -0.699. The number of carbonyl (C=O) groups is 1. The number of hydrogen-bond acceptors (Lipinski definition) is 1. The number of carboxylic acids is 1. The highest BCUT2D eigenvalue weighted by Gasteiger charge is 1.95. The monoisotopic (exact) mass is 336 g/mol. The maximum Gasteiger partial charge on any atom is 0.303 e. The van der Waals surface area contributed by atoms with Gasteiger partial charge in [-0.3, -0.25) is 4.79 Å². The molecule has 2 heteroatoms. The molecule has 0 aliphatic heterocycles. The lowest BCUT2D eigenvalue weighted by Gasteiger charge is -2.02. The van der Waals surface area contributed by atoms with E-state index in [0.717, 1.165) is 25.7 Å². The third kappa shape index (κ3) is 21.0. The normalized spacial score (nSPS) is 10.4. The smallest absolute Gasteiger partial charge is 0.303 e. The Morgan fingerprint density at radius 1 is 0.625 bits per heavy atom. The van der Waals surface area contributed by atoms with Crippen molar-refractivity contribution in [1.82, 2.24) is 0 Å². The van der Waals surface area contributed by atoms with Crippen LogP contribution in [0.4, 0.5) is 0 Å². The highest BCUT2D eigenvalue weighted by molar-refractivity contribution is 5.66. The quantitative estimate of drug-likeness (QED) is 0.227. The summed E-state index contributed by atoms with van der Waals surface area (Å²) in [7, 11) is 0. The van der Waals surface area contributed by atoms with Crippen LogP contribution in [0, 0.1) is 11.8 Å². The second-order valence-corrected chi connectivity index (χ2v) is 6.95. The van der Waals surface area contributed by atoms with E-state index in [9.17, 15) is 4.79 Å². The molecule has 0 unspecified atom stereocenters. The molecule has 0 aliphatic carbocycles. The van der Waals surface area contributed by atoms with Crippen LogP contribution in [-0.4, -0.2) is 11.1 Å². The number of aliphatic carboxylic acids is 1. The number of unbranched alkanes of at least 4 members (excludes halogenated alkanes) is 15. The summed E-state index contributed by atoms with van der Waals surface area (Å²) in [6.45, 7) is 2.28. The van der Waals surface area contributed by atoms with E-state index in [4.69, 9.17) is 5.11 Å². The summed E-state index contributed by atoms with van der Waals surface area (Å²) in [5.74, 6) is 5.68. The van der Waals surface area contributed by atoms with Crippen molar-refractivity contribution in [1.29, 1.82) is 0 Å². The first-order chi connectivity index (χ1) is 11.8. The molecule has 0 amide bonds. The zero-order valence-electron chi connectivity index (χ0n) is 16.1. The molecule has 24 heavy (non-hydrogen) atoms. The van der Waals surface area contributed by atoms with E-state index in [0.29, 0.717) is 0 Å². The van der Waals surface area contributed by atoms with Crippen LogP contribution in [0.5, 0.6) is 0 Å². The van der Waals surface area contributed by atoms with E-state index >= 15 is 0 Å². The van der Waals surface area contributed by atoms with Crippen LogP contribution in [0.1, 0.15) is 122 Å². The lowest BCUT2D eigenvalue weighted by atomic mass is 10.0. The largest absolute Gasteiger partial charge is 0.481 e. The number of carboxylic acid groups (broad SMARTS) is 1. The first kappa shape index (κ1) is 23.0. The molecule has 1 N–H and O–H groups in total. The van der Waals surface area contributed by atoms with Crippen LogP contribution >= 0.6 is 0 Å². The molecule has 140 valence electrons. The zero-order chi connectivity index (χ0) is 17.7. The van der Waals surface area contributed by atoms with Gasteiger partial charge in [-0.05, 0) is 19.3 Å². The van der Waals surface area contributed by atoms with Crippen molar-refractivity contribution in [2.75, 3.05) is 0 Å². The van der Waals surface area contributed by atoms with E-state index in [1.165, 1.54) is 83.5 Å². The second-order valence-electron chi connectivity index (χ2n) is 6.95. The Balaban J connectivity index is 3.09. The summed E-state index contributed by atoms with van der Waals surface area (Å²) in [4.78, 5) is 10.3. The average Bonchev–Trinajstić information content (AvgIpc) is 2.56. The SMILES string of the molecule is CCCCCCCCCCCCCCCC#CCCCCC(=O)O. The standard InChI is InChI=1S/C22H40O2/c1-2-3-4-5-6-7-8-9-10-11-12-13-14-15-16-17-18-19-20-21-22(23)24/h2-15,18-21H2,1H3,(H,23,24). The summed E-state index contributed by atoms with van der Waals surface area (Å²) in [5, 5.41) is 8.52. The third-order valence-electron chi connectivity index (χ3n) is 4.47. The highest BCUT2D eigenvalue weighted by atomic mass is 16.4. The van der Waals surface area contributed by atoms with Crippen LogP contribution in [0.25, 0.3) is 0 Å². The van der Waals surface area contributed by atoms with Crippen molar-refractivity contribution < 1.29 is 9.90 Å². The van der Waals surface area contributed by atoms with E-state index in [-0.39, 0.29) is 6.42 Å². The predicted molar refractivity (Wildman–Crippen MR) is 104 cm³/mol. The van der Waals surface area contributed by atoms with Crippen molar-refractivity contribution >= 4 is 5.97 Å². The molecule has 0 bridgehead atoms. The van der Waals surface area contributed by atoms with Gasteiger partial charge in [0, 0.05) is 19.3 Å². The van der Waals surface area contributed by atoms with Gasteiger partial charge in [0.2, 0.25) is 0 Å². The molecule has 0 aromatic rings. The molecule has 0 saturated heterocycles. The van der Waals surface area contributed by atoms with Gasteiger partial charge in [-0.15, -0.1) is 11.8 Å². The van der Waals surface area contributed by atoms with Crippen LogP contribution < -0.4 is 0 Å². The van der Waals surface area contributed by atoms with Crippen molar-refractivity contribution in [3.63, 3.8) is 0 Å². The summed E-state index contributed by atoms with van der Waals surface area (Å²) >= 11 is 0. The number of hydrogen-bond donors (Lipinski definition) is 1. The molecule has 0 aromatic heterocycles. The Hall–Kier alpha value is -0.970. The minimum Gasteiger partial charge on any atom is -0.481 e. The van der Waals surface area contributed by atoms with Crippen molar-refractivity contribution in [3.8, 4) is 11.8 Å². The molecule has 0 aromatic carbocycles. The van der Waals surface area contributed by atoms with Gasteiger partial charge in [-0.2, -0.15) is 0 Å². The molecule has 0 rings (SSSR count). The fraction of sp³-hybridized carbons (Fsp3) is 0.864. The molecule has 0 fully saturated rings. The Kier molecular flexibility index (Phi) is 19.3. The predicted octanol–water partition coefficient (Wildman–Crippen LogP) is 7.12. The Morgan fingerprint density at radius 2 is 1.00 bits per heavy atom. The summed E-state index contributed by atoms with van der Waals surface area (Å²) in [5.41, 5.74) is 0. The molecule has 2 nitrogen and oxygen atoms in total. The van der Waals surface area contributed by atoms with Gasteiger partial charge in [0.15, 0.2) is 0 Å². The summed E-state index contributed by atoms with van der Waals surface area (Å²) in [6.07, 6.45) is 21.8. The zero-order valence-corrected chi connectivity index (χ0v) is 16.1. The molecule has 0 spiro atoms. The Labute approximate surface area is 150 Å². The Morgan fingerprint density at radius 3 is 1.42 bits per heavy atom. The minimum absolute atomic E-state index is 0.278. The molecular weight excluding hydrogens is 296 g/mol. The summed E-state index contributed by atoms with van der Waals surface area (Å²) < 4.78 is 0. The van der Waals surface area contributed by atoms with Gasteiger partial charge in [0.05, 0.1) is 0 Å².